The van der Waals surface area contributed by atoms with E-state index >= 15 is 0 Å². The van der Waals surface area contributed by atoms with Crippen LogP contribution in [0.4, 0.5) is 0 Å². The molecule has 11 nitrogen and oxygen atoms in total. The van der Waals surface area contributed by atoms with Gasteiger partial charge >= 0.3 is 11.9 Å². The monoisotopic (exact) mass is 617 g/mol. The number of methoxy groups -OCH3 is 1. The van der Waals surface area contributed by atoms with Crippen LogP contribution in [0.1, 0.15) is 88.7 Å². The first kappa shape index (κ1) is 32.5. The van der Waals surface area contributed by atoms with E-state index < -0.39 is 41.2 Å². The van der Waals surface area contributed by atoms with Gasteiger partial charge in [-0.05, 0) is 108 Å². The number of carbonyl (C=O) groups is 2. The zero-order chi connectivity index (χ0) is 31.5. The summed E-state index contributed by atoms with van der Waals surface area (Å²) in [5.41, 5.74) is -1.54. The van der Waals surface area contributed by atoms with Crippen LogP contribution in [0, 0.1) is 0 Å². The van der Waals surface area contributed by atoms with Crippen LogP contribution >= 0.6 is 0 Å². The van der Waals surface area contributed by atoms with E-state index in [1.807, 2.05) is 12.1 Å². The van der Waals surface area contributed by atoms with Gasteiger partial charge in [0, 0.05) is 13.2 Å². The molecule has 5 rings (SSSR count). The molecule has 0 amide bonds. The average Bonchev–Trinajstić information content (AvgIpc) is 3.65. The second-order valence-electron chi connectivity index (χ2n) is 13.2. The van der Waals surface area contributed by atoms with Gasteiger partial charge in [0.1, 0.15) is 5.76 Å². The highest BCUT2D eigenvalue weighted by molar-refractivity contribution is 5.86. The van der Waals surface area contributed by atoms with Crippen LogP contribution in [0.3, 0.4) is 0 Å². The average molecular weight is 618 g/mol. The third kappa shape index (κ3) is 6.71. The van der Waals surface area contributed by atoms with Gasteiger partial charge in [0.05, 0.1) is 37.2 Å². The molecule has 4 aliphatic rings. The molecule has 1 fully saturated rings. The number of hydrogen-bond donors (Lipinski definition) is 3. The number of carbonyl (C=O) groups excluding carboxylic acids is 2. The highest BCUT2D eigenvalue weighted by atomic mass is 16.7. The zero-order valence-electron chi connectivity index (χ0n) is 26.1. The second-order valence-corrected chi connectivity index (χ2v) is 13.2. The number of ether oxygens (including phenoxy) is 5. The van der Waals surface area contributed by atoms with Crippen LogP contribution in [0.5, 0.6) is 11.5 Å². The minimum absolute atomic E-state index is 0.0631. The molecule has 1 aromatic carbocycles. The van der Waals surface area contributed by atoms with Gasteiger partial charge in [0.25, 0.3) is 0 Å². The van der Waals surface area contributed by atoms with Crippen molar-refractivity contribution in [1.29, 1.82) is 0 Å². The number of esters is 2. The molecular weight excluding hydrogens is 570 g/mol. The molecule has 244 valence electrons. The molecule has 0 saturated carbocycles. The lowest BCUT2D eigenvalue weighted by molar-refractivity contribution is -0.179. The summed E-state index contributed by atoms with van der Waals surface area (Å²) in [6, 6.07) is 4.00. The summed E-state index contributed by atoms with van der Waals surface area (Å²) >= 11 is 0. The minimum atomic E-state index is -2.17. The number of benzene rings is 1. The molecule has 0 aromatic heterocycles. The number of unbranched alkanes of at least 4 members (excludes halogenated alkanes) is 2. The highest BCUT2D eigenvalue weighted by Crippen LogP contribution is 2.55. The first-order valence-electron chi connectivity index (χ1n) is 15.9. The maximum atomic E-state index is 14.0. The van der Waals surface area contributed by atoms with Crippen LogP contribution in [0.15, 0.2) is 24.0 Å². The number of hydrogen-bond acceptors (Lipinski definition) is 11. The third-order valence-corrected chi connectivity index (χ3v) is 9.46. The molecule has 3 N–H and O–H groups in total. The third-order valence-electron chi connectivity index (χ3n) is 9.46. The van der Waals surface area contributed by atoms with Gasteiger partial charge in [-0.25, -0.2) is 4.79 Å². The van der Waals surface area contributed by atoms with Gasteiger partial charge in [0.2, 0.25) is 6.79 Å². The number of rotatable bonds is 14. The Hall–Kier alpha value is -2.86. The van der Waals surface area contributed by atoms with Gasteiger partial charge in [-0.1, -0.05) is 0 Å². The smallest absolute Gasteiger partial charge is 0.339 e. The van der Waals surface area contributed by atoms with E-state index in [2.05, 4.69) is 11.0 Å². The van der Waals surface area contributed by atoms with Gasteiger partial charge in [-0.15, -0.1) is 0 Å². The van der Waals surface area contributed by atoms with E-state index in [0.29, 0.717) is 42.9 Å². The van der Waals surface area contributed by atoms with Gasteiger partial charge in [-0.3, -0.25) is 9.69 Å². The molecule has 1 saturated heterocycles. The topological polar surface area (TPSA) is 144 Å². The van der Waals surface area contributed by atoms with E-state index in [9.17, 15) is 19.8 Å². The van der Waals surface area contributed by atoms with Crippen LogP contribution in [-0.2, 0) is 30.2 Å². The molecule has 0 bridgehead atoms. The molecule has 3 aliphatic heterocycles. The predicted molar refractivity (Wildman–Crippen MR) is 159 cm³/mol. The Kier molecular flexibility index (Phi) is 9.79. The van der Waals surface area contributed by atoms with E-state index in [0.717, 1.165) is 43.5 Å². The molecule has 0 radical (unpaired) electrons. The first-order valence-corrected chi connectivity index (χ1v) is 15.9. The van der Waals surface area contributed by atoms with Gasteiger partial charge < -0.3 is 39.0 Å². The number of aliphatic hydroxyl groups is 3. The Morgan fingerprint density at radius 2 is 1.84 bits per heavy atom. The Labute approximate surface area is 259 Å². The summed E-state index contributed by atoms with van der Waals surface area (Å²) in [4.78, 5) is 29.3. The zero-order valence-corrected chi connectivity index (χ0v) is 26.1. The van der Waals surface area contributed by atoms with Crippen LogP contribution in [0.2, 0.25) is 0 Å². The summed E-state index contributed by atoms with van der Waals surface area (Å²) < 4.78 is 28.8. The van der Waals surface area contributed by atoms with Crippen molar-refractivity contribution in [2.75, 3.05) is 40.2 Å². The van der Waals surface area contributed by atoms with Crippen LogP contribution in [0.25, 0.3) is 0 Å². The minimum Gasteiger partial charge on any atom is -0.497 e. The fourth-order valence-electron chi connectivity index (χ4n) is 7.26. The Bertz CT molecular complexity index is 1240. The van der Waals surface area contributed by atoms with E-state index in [1.165, 1.54) is 0 Å². The standard InChI is InChI=1S/C33H47NO10/c1-31(2,38)10-7-12-33(39,20-27(36)41-16-6-4-5-15-35)30(37)44-29-26(40-3)19-32-11-8-13-34(32)14-9-22-17-24-25(43-21-42-24)18-23(22)28(29)32/h17-19,28-29,35,38-39H,4-16,20-21H2,1-3H3/t28-,29?,32-,33-/m1/s1. The van der Waals surface area contributed by atoms with Crippen molar-refractivity contribution in [3.8, 4) is 11.5 Å². The maximum Gasteiger partial charge on any atom is 0.339 e. The molecule has 1 aliphatic carbocycles. The maximum absolute atomic E-state index is 14.0. The first-order chi connectivity index (χ1) is 21.0. The molecular formula is C33H47NO10. The lowest BCUT2D eigenvalue weighted by Gasteiger charge is -2.39. The van der Waals surface area contributed by atoms with E-state index in [4.69, 9.17) is 28.8 Å². The highest BCUT2D eigenvalue weighted by Gasteiger charge is 2.59. The van der Waals surface area contributed by atoms with Gasteiger partial charge in [0.15, 0.2) is 23.2 Å². The fraction of sp³-hybridized carbons (Fsp3) is 0.697. The van der Waals surface area contributed by atoms with Crippen molar-refractivity contribution in [2.24, 2.45) is 0 Å². The molecule has 3 heterocycles. The number of aliphatic hydroxyl groups excluding tert-OH is 1. The predicted octanol–water partition coefficient (Wildman–Crippen LogP) is 3.11. The van der Waals surface area contributed by atoms with Crippen LogP contribution < -0.4 is 9.47 Å². The Balaban J connectivity index is 1.42. The second kappa shape index (κ2) is 13.2. The van der Waals surface area contributed by atoms with Gasteiger partial charge in [-0.2, -0.15) is 0 Å². The van der Waals surface area contributed by atoms with Crippen molar-refractivity contribution >= 4 is 11.9 Å². The van der Waals surface area contributed by atoms with Crippen molar-refractivity contribution in [2.45, 2.75) is 107 Å². The van der Waals surface area contributed by atoms with Crippen molar-refractivity contribution in [3.63, 3.8) is 0 Å². The lowest BCUT2D eigenvalue weighted by Crippen LogP contribution is -2.49. The normalized spacial score (nSPS) is 25.3. The Morgan fingerprint density at radius 3 is 2.57 bits per heavy atom. The molecule has 4 atom stereocenters. The summed E-state index contributed by atoms with van der Waals surface area (Å²) in [5.74, 6) is -0.113. The summed E-state index contributed by atoms with van der Waals surface area (Å²) in [6.07, 6.45) is 5.65. The summed E-state index contributed by atoms with van der Waals surface area (Å²) in [5, 5.41) is 31.0. The summed E-state index contributed by atoms with van der Waals surface area (Å²) in [7, 11) is 1.55. The molecule has 11 heteroatoms. The fourth-order valence-corrected chi connectivity index (χ4v) is 7.26. The van der Waals surface area contributed by atoms with Crippen molar-refractivity contribution < 1.29 is 48.6 Å². The Morgan fingerprint density at radius 1 is 1.07 bits per heavy atom. The van der Waals surface area contributed by atoms with Crippen LogP contribution in [-0.4, -0.2) is 95.2 Å². The number of nitrogens with zero attached hydrogens (tertiary/aromatic N) is 1. The SMILES string of the molecule is COC1=C[C@@]23CCCN2CCc2cc4c(cc2[C@@H]3C1OC(=O)[C@@](O)(CCCC(C)(C)O)CC(=O)OCCCCCO)OCO4. The lowest BCUT2D eigenvalue weighted by atomic mass is 9.77. The quantitative estimate of drug-likeness (QED) is 0.209. The molecule has 1 unspecified atom stereocenters. The molecule has 1 aromatic rings. The molecule has 44 heavy (non-hydrogen) atoms. The summed E-state index contributed by atoms with van der Waals surface area (Å²) in [6.45, 7) is 5.36. The largest absolute Gasteiger partial charge is 0.497 e. The van der Waals surface area contributed by atoms with E-state index in [1.54, 1.807) is 21.0 Å². The van der Waals surface area contributed by atoms with Crippen molar-refractivity contribution in [3.05, 3.63) is 35.1 Å². The number of fused-ring (bicyclic) bond motifs is 3. The van der Waals surface area contributed by atoms with Crippen molar-refractivity contribution in [1.82, 2.24) is 4.90 Å². The van der Waals surface area contributed by atoms with E-state index in [-0.39, 0.29) is 38.8 Å². The molecule has 1 spiro atoms.